The van der Waals surface area contributed by atoms with Gasteiger partial charge >= 0.3 is 0 Å². The first-order valence-electron chi connectivity index (χ1n) is 16.5. The van der Waals surface area contributed by atoms with E-state index in [-0.39, 0.29) is 64.4 Å². The molecule has 7 N–H and O–H groups in total. The van der Waals surface area contributed by atoms with Gasteiger partial charge in [0.1, 0.15) is 18.9 Å². The molecule has 0 aromatic carbocycles. The molecule has 17 heteroatoms. The Bertz CT molecular complexity index is 992. The molecular weight excluding hydrogens is 632 g/mol. The molecule has 0 fully saturated rings. The Morgan fingerprint density at radius 3 is 1.88 bits per heavy atom. The van der Waals surface area contributed by atoms with E-state index in [1.165, 1.54) is 0 Å². The van der Waals surface area contributed by atoms with E-state index in [9.17, 15) is 29.1 Å². The van der Waals surface area contributed by atoms with Crippen molar-refractivity contribution in [2.45, 2.75) is 57.8 Å². The minimum atomic E-state index is -0.886. The lowest BCUT2D eigenvalue weighted by Gasteiger charge is -2.13. The van der Waals surface area contributed by atoms with Crippen LogP contribution in [-0.2, 0) is 47.7 Å². The molecule has 1 aliphatic rings. The van der Waals surface area contributed by atoms with Crippen molar-refractivity contribution >= 4 is 29.5 Å². The molecule has 17 nitrogen and oxygen atoms in total. The van der Waals surface area contributed by atoms with Crippen molar-refractivity contribution in [2.75, 3.05) is 98.7 Å². The lowest BCUT2D eigenvalue weighted by Crippen LogP contribution is -2.46. The highest BCUT2D eigenvalue weighted by Gasteiger charge is 2.11. The van der Waals surface area contributed by atoms with E-state index in [1.807, 2.05) is 0 Å². The predicted molar refractivity (Wildman–Crippen MR) is 173 cm³/mol. The molecule has 48 heavy (non-hydrogen) atoms. The number of nitrogens with one attached hydrogen (secondary N) is 6. The Balaban J connectivity index is 1.85. The topological polar surface area (TPSA) is 224 Å². The van der Waals surface area contributed by atoms with Crippen molar-refractivity contribution in [3.63, 3.8) is 0 Å². The normalized spacial score (nSPS) is 14.8. The highest BCUT2D eigenvalue weighted by atomic mass is 16.6. The fraction of sp³-hybridized carbons (Fsp3) is 0.774. The summed E-state index contributed by atoms with van der Waals surface area (Å²) in [7, 11) is 0. The molecule has 0 aromatic rings. The van der Waals surface area contributed by atoms with E-state index in [2.05, 4.69) is 43.7 Å². The predicted octanol–water partition coefficient (Wildman–Crippen LogP) is -2.70. The lowest BCUT2D eigenvalue weighted by molar-refractivity contribution is -0.129. The number of carbonyl (C=O) groups is 5. The number of ether oxygens (including phenoxy) is 5. The minimum Gasteiger partial charge on any atom is -0.379 e. The summed E-state index contributed by atoms with van der Waals surface area (Å²) < 4.78 is 27.2. The quantitative estimate of drug-likeness (QED) is 0.0254. The van der Waals surface area contributed by atoms with Gasteiger partial charge in [-0.15, -0.1) is 5.92 Å². The van der Waals surface area contributed by atoms with Gasteiger partial charge in [-0.1, -0.05) is 19.3 Å². The van der Waals surface area contributed by atoms with Crippen LogP contribution >= 0.6 is 0 Å². The third kappa shape index (κ3) is 26.7. The molecule has 2 atom stereocenters. The first-order valence-corrected chi connectivity index (χ1v) is 16.5. The van der Waals surface area contributed by atoms with Crippen LogP contribution in [0, 0.1) is 11.8 Å². The zero-order chi connectivity index (χ0) is 35.1. The number of carbonyl (C=O) groups excluding carboxylic acids is 5. The molecule has 274 valence electrons. The third-order valence-electron chi connectivity index (χ3n) is 6.38. The number of hydrogen-bond acceptors (Lipinski definition) is 12. The first-order chi connectivity index (χ1) is 23.3. The molecule has 0 saturated heterocycles. The van der Waals surface area contributed by atoms with Crippen LogP contribution in [-0.4, -0.2) is 146 Å². The highest BCUT2D eigenvalue weighted by molar-refractivity contribution is 5.90. The van der Waals surface area contributed by atoms with Crippen LogP contribution in [0.5, 0.6) is 0 Å². The van der Waals surface area contributed by atoms with Gasteiger partial charge in [-0.3, -0.25) is 29.3 Å². The van der Waals surface area contributed by atoms with E-state index < -0.39 is 29.9 Å². The number of aliphatic hydroxyl groups is 1. The van der Waals surface area contributed by atoms with Crippen molar-refractivity contribution in [1.29, 1.82) is 0 Å². The van der Waals surface area contributed by atoms with Crippen molar-refractivity contribution in [2.24, 2.45) is 0 Å². The molecule has 5 amide bonds. The Morgan fingerprint density at radius 2 is 1.25 bits per heavy atom. The molecule has 0 heterocycles. The third-order valence-corrected chi connectivity index (χ3v) is 6.38. The number of likely N-dealkylation sites (N-methyl/N-ethyl adjacent to an activating group) is 1. The van der Waals surface area contributed by atoms with E-state index in [0.717, 1.165) is 32.1 Å². The molecule has 1 rings (SSSR count). The van der Waals surface area contributed by atoms with Crippen LogP contribution in [0.2, 0.25) is 0 Å². The molecule has 0 aliphatic heterocycles. The second kappa shape index (κ2) is 29.7. The van der Waals surface area contributed by atoms with Gasteiger partial charge in [0, 0.05) is 19.4 Å². The van der Waals surface area contributed by atoms with Gasteiger partial charge < -0.3 is 55.4 Å². The summed E-state index contributed by atoms with van der Waals surface area (Å²) in [6.45, 7) is 4.36. The zero-order valence-corrected chi connectivity index (χ0v) is 28.0. The Hall–Kier alpha value is -3.37. The van der Waals surface area contributed by atoms with Gasteiger partial charge in [0.2, 0.25) is 29.5 Å². The molecule has 0 saturated carbocycles. The fourth-order valence-corrected chi connectivity index (χ4v) is 3.85. The average Bonchev–Trinajstić information content (AvgIpc) is 3.05. The maximum Gasteiger partial charge on any atom is 0.246 e. The van der Waals surface area contributed by atoms with Crippen LogP contribution in [0.4, 0.5) is 0 Å². The Labute approximate surface area is 282 Å². The molecule has 2 unspecified atom stereocenters. The van der Waals surface area contributed by atoms with Crippen LogP contribution in [0.1, 0.15) is 45.4 Å². The van der Waals surface area contributed by atoms with Gasteiger partial charge in [-0.05, 0) is 25.8 Å². The number of rotatable bonds is 28. The van der Waals surface area contributed by atoms with Gasteiger partial charge in [0.15, 0.2) is 0 Å². The Kier molecular flexibility index (Phi) is 26.4. The van der Waals surface area contributed by atoms with Crippen molar-refractivity contribution < 1.29 is 52.8 Å². The van der Waals surface area contributed by atoms with Gasteiger partial charge in [0.25, 0.3) is 0 Å². The standard InChI is InChI=1S/C31H54N6O11/c1-2-32-27(39)20-35-29(41)22-37-30(42)23-36-28(40)21-34-26(38)10-12-44-14-16-46-18-19-47-17-15-45-13-11-33-31(43)24-48-25-8-6-4-3-5-7-9-25/h25,27,32,39H,2-6,8,10-24H2,1H3,(H,33,43)(H,34,38)(H,35,41)(H,36,40)(H,37,42). The van der Waals surface area contributed by atoms with Gasteiger partial charge in [-0.2, -0.15) is 0 Å². The average molecular weight is 687 g/mol. The smallest absolute Gasteiger partial charge is 0.246 e. The summed E-state index contributed by atoms with van der Waals surface area (Å²) in [6, 6.07) is 0. The first kappa shape index (κ1) is 42.7. The zero-order valence-electron chi connectivity index (χ0n) is 28.0. The molecule has 0 radical (unpaired) electrons. The lowest BCUT2D eigenvalue weighted by atomic mass is 10.1. The summed E-state index contributed by atoms with van der Waals surface area (Å²) in [5.41, 5.74) is 0. The number of aliphatic hydroxyl groups excluding tert-OH is 1. The van der Waals surface area contributed by atoms with E-state index in [4.69, 9.17) is 23.7 Å². The summed E-state index contributed by atoms with van der Waals surface area (Å²) in [5, 5.41) is 24.5. The molecule has 1 aliphatic carbocycles. The Morgan fingerprint density at radius 1 is 0.688 bits per heavy atom. The summed E-state index contributed by atoms with van der Waals surface area (Å²) in [5.74, 6) is 3.94. The summed E-state index contributed by atoms with van der Waals surface area (Å²) in [6.07, 6.45) is 4.07. The second-order valence-corrected chi connectivity index (χ2v) is 10.5. The molecule has 0 spiro atoms. The number of hydrogen-bond donors (Lipinski definition) is 7. The maximum absolute atomic E-state index is 11.9. The van der Waals surface area contributed by atoms with Crippen molar-refractivity contribution in [1.82, 2.24) is 31.9 Å². The molecule has 0 aromatic heterocycles. The monoisotopic (exact) mass is 686 g/mol. The van der Waals surface area contributed by atoms with Crippen LogP contribution in [0.15, 0.2) is 0 Å². The largest absolute Gasteiger partial charge is 0.379 e. The van der Waals surface area contributed by atoms with E-state index in [0.29, 0.717) is 52.7 Å². The second-order valence-electron chi connectivity index (χ2n) is 10.5. The van der Waals surface area contributed by atoms with Crippen LogP contribution in [0.3, 0.4) is 0 Å². The van der Waals surface area contributed by atoms with Crippen LogP contribution in [0.25, 0.3) is 0 Å². The van der Waals surface area contributed by atoms with E-state index in [1.54, 1.807) is 6.92 Å². The SMILES string of the molecule is CCNC(O)CNC(=O)CNC(=O)CNC(=O)CNC(=O)CCOCCOCCOCCOCCNC(=O)COC1C#CCCCCC1. The van der Waals surface area contributed by atoms with Crippen molar-refractivity contribution in [3.8, 4) is 11.8 Å². The summed E-state index contributed by atoms with van der Waals surface area (Å²) >= 11 is 0. The van der Waals surface area contributed by atoms with Gasteiger partial charge in [0.05, 0.1) is 79.0 Å². The minimum absolute atomic E-state index is 0.00837. The molecule has 0 bridgehead atoms. The van der Waals surface area contributed by atoms with E-state index >= 15 is 0 Å². The van der Waals surface area contributed by atoms with Crippen molar-refractivity contribution in [3.05, 3.63) is 0 Å². The summed E-state index contributed by atoms with van der Waals surface area (Å²) in [4.78, 5) is 59.0. The highest BCUT2D eigenvalue weighted by Crippen LogP contribution is 2.10. The fourth-order valence-electron chi connectivity index (χ4n) is 3.85. The van der Waals surface area contributed by atoms with Gasteiger partial charge in [-0.25, -0.2) is 0 Å². The number of amides is 5. The maximum atomic E-state index is 11.9. The van der Waals surface area contributed by atoms with Crippen LogP contribution < -0.4 is 31.9 Å². The molecular formula is C31H54N6O11.